The largest absolute Gasteiger partial charge is 0.573 e. The number of nitrogens with one attached hydrogen (secondary N) is 2. The van der Waals surface area contributed by atoms with Crippen LogP contribution in [-0.2, 0) is 11.3 Å². The highest BCUT2D eigenvalue weighted by atomic mass is 35.5. The molecule has 1 aliphatic rings. The summed E-state index contributed by atoms with van der Waals surface area (Å²) in [5.74, 6) is -0.404. The normalized spacial score (nSPS) is 14.3. The molecule has 0 atom stereocenters. The first-order valence-corrected chi connectivity index (χ1v) is 12.0. The first-order chi connectivity index (χ1) is 17.9. The van der Waals surface area contributed by atoms with E-state index in [0.717, 1.165) is 60.4 Å². The molecular weight excluding hydrogens is 513 g/mol. The van der Waals surface area contributed by atoms with Crippen LogP contribution in [0.5, 0.6) is 5.75 Å². The predicted octanol–water partition coefficient (Wildman–Crippen LogP) is 3.87. The topological polar surface area (TPSA) is 106 Å². The van der Waals surface area contributed by atoms with Crippen molar-refractivity contribution in [3.05, 3.63) is 53.6 Å². The molecule has 0 saturated carbocycles. The van der Waals surface area contributed by atoms with Gasteiger partial charge in [0.05, 0.1) is 28.0 Å². The lowest BCUT2D eigenvalue weighted by Crippen LogP contribution is -2.52. The number of H-pyrrole nitrogens is 1. The zero-order chi connectivity index (χ0) is 25.8. The number of fused-ring (bicyclic) bond motifs is 1. The van der Waals surface area contributed by atoms with Crippen molar-refractivity contribution in [2.45, 2.75) is 31.9 Å². The number of nitrogens with zero attached hydrogens (tertiary/aromatic N) is 6. The van der Waals surface area contributed by atoms with Gasteiger partial charge in [0, 0.05) is 26.2 Å². The molecule has 2 aromatic heterocycles. The van der Waals surface area contributed by atoms with Crippen LogP contribution in [0.25, 0.3) is 16.7 Å². The van der Waals surface area contributed by atoms with Crippen LogP contribution in [-0.4, -0.2) is 68.9 Å². The lowest BCUT2D eigenvalue weighted by molar-refractivity contribution is -0.274. The Morgan fingerprint density at radius 2 is 1.92 bits per heavy atom. The fraction of sp³-hybridized carbons (Fsp3) is 0.391. The third kappa shape index (κ3) is 6.29. The minimum atomic E-state index is -4.77. The van der Waals surface area contributed by atoms with Crippen LogP contribution in [0, 0.1) is 0 Å². The van der Waals surface area contributed by atoms with Gasteiger partial charge in [-0.1, -0.05) is 22.9 Å². The Bertz CT molecular complexity index is 1330. The molecule has 5 rings (SSSR count). The van der Waals surface area contributed by atoms with Gasteiger partial charge in [-0.25, -0.2) is 0 Å². The van der Waals surface area contributed by atoms with Crippen LogP contribution in [0.4, 0.5) is 18.9 Å². The number of benzene rings is 2. The van der Waals surface area contributed by atoms with Gasteiger partial charge in [0.2, 0.25) is 0 Å². The Balaban J connectivity index is 1.01. The molecular formula is C23H24ClF3N8O2. The first kappa shape index (κ1) is 25.2. The van der Waals surface area contributed by atoms with Gasteiger partial charge in [-0.3, -0.25) is 9.67 Å². The lowest BCUT2D eigenvalue weighted by Gasteiger charge is -2.40. The minimum Gasteiger partial charge on any atom is -0.404 e. The molecule has 0 aliphatic carbocycles. The maximum Gasteiger partial charge on any atom is 0.573 e. The van der Waals surface area contributed by atoms with Crippen molar-refractivity contribution >= 4 is 28.3 Å². The van der Waals surface area contributed by atoms with Crippen molar-refractivity contribution in [1.82, 2.24) is 35.5 Å². The number of halogens is 4. The maximum absolute atomic E-state index is 12.3. The molecule has 2 N–H and O–H groups in total. The van der Waals surface area contributed by atoms with Crippen LogP contribution in [0.2, 0.25) is 5.02 Å². The second-order valence-corrected chi connectivity index (χ2v) is 9.04. The van der Waals surface area contributed by atoms with E-state index in [1.807, 2.05) is 16.7 Å². The third-order valence-electron chi connectivity index (χ3n) is 5.95. The zero-order valence-electron chi connectivity index (χ0n) is 19.6. The van der Waals surface area contributed by atoms with E-state index in [4.69, 9.17) is 16.3 Å². The van der Waals surface area contributed by atoms with E-state index in [9.17, 15) is 13.2 Å². The summed E-state index contributed by atoms with van der Waals surface area (Å²) in [5.41, 5.74) is 4.33. The van der Waals surface area contributed by atoms with Gasteiger partial charge in [-0.2, -0.15) is 0 Å². The molecule has 10 nitrogen and oxygen atoms in total. The summed E-state index contributed by atoms with van der Waals surface area (Å²) < 4.78 is 48.7. The monoisotopic (exact) mass is 536 g/mol. The highest BCUT2D eigenvalue weighted by Gasteiger charge is 2.32. The number of hydrogen-bond acceptors (Lipinski definition) is 8. The van der Waals surface area contributed by atoms with E-state index < -0.39 is 12.1 Å². The van der Waals surface area contributed by atoms with Crippen molar-refractivity contribution < 1.29 is 22.6 Å². The first-order valence-electron chi connectivity index (χ1n) is 11.7. The average Bonchev–Trinajstić information content (AvgIpc) is 3.52. The Kier molecular flexibility index (Phi) is 7.44. The molecule has 0 unspecified atom stereocenters. The predicted molar refractivity (Wildman–Crippen MR) is 130 cm³/mol. The van der Waals surface area contributed by atoms with Crippen LogP contribution < -0.4 is 15.0 Å². The zero-order valence-corrected chi connectivity index (χ0v) is 20.3. The molecule has 0 bridgehead atoms. The van der Waals surface area contributed by atoms with Crippen LogP contribution in [0.1, 0.15) is 18.4 Å². The fourth-order valence-electron chi connectivity index (χ4n) is 4.08. The Morgan fingerprint density at radius 1 is 1.11 bits per heavy atom. The van der Waals surface area contributed by atoms with Crippen LogP contribution >= 0.6 is 11.6 Å². The molecule has 0 radical (unpaired) electrons. The molecule has 1 saturated heterocycles. The molecule has 1 fully saturated rings. The number of alkyl halides is 3. The van der Waals surface area contributed by atoms with E-state index in [1.54, 1.807) is 18.7 Å². The van der Waals surface area contributed by atoms with Gasteiger partial charge in [-0.15, -0.1) is 28.5 Å². The van der Waals surface area contributed by atoms with Gasteiger partial charge in [-0.05, 0) is 49.2 Å². The van der Waals surface area contributed by atoms with Gasteiger partial charge < -0.3 is 19.7 Å². The number of anilines is 1. The fourth-order valence-corrected chi connectivity index (χ4v) is 4.33. The Morgan fingerprint density at radius 3 is 2.68 bits per heavy atom. The summed E-state index contributed by atoms with van der Waals surface area (Å²) in [7, 11) is 0. The van der Waals surface area contributed by atoms with Crippen molar-refractivity contribution in [3.8, 4) is 11.4 Å². The highest BCUT2D eigenvalue weighted by Crippen LogP contribution is 2.32. The number of ether oxygens (including phenoxy) is 2. The van der Waals surface area contributed by atoms with Gasteiger partial charge in [0.25, 0.3) is 0 Å². The number of aromatic amines is 1. The quantitative estimate of drug-likeness (QED) is 0.278. The smallest absolute Gasteiger partial charge is 0.404 e. The summed E-state index contributed by atoms with van der Waals surface area (Å²) in [6, 6.07) is 8.24. The summed E-state index contributed by atoms with van der Waals surface area (Å²) in [6.07, 6.45) is 0.456. The molecule has 3 heterocycles. The van der Waals surface area contributed by atoms with Crippen molar-refractivity contribution in [2.24, 2.45) is 0 Å². The lowest BCUT2D eigenvalue weighted by atomic mass is 10.1. The third-order valence-corrected chi connectivity index (χ3v) is 6.25. The summed E-state index contributed by atoms with van der Waals surface area (Å²) in [4.78, 5) is 2.21. The minimum absolute atomic E-state index is 0.0747. The Hall–Kier alpha value is -3.42. The van der Waals surface area contributed by atoms with Crippen molar-refractivity contribution in [3.63, 3.8) is 0 Å². The van der Waals surface area contributed by atoms with E-state index in [-0.39, 0.29) is 11.1 Å². The van der Waals surface area contributed by atoms with Crippen LogP contribution in [0.15, 0.2) is 43.0 Å². The second-order valence-electron chi connectivity index (χ2n) is 8.64. The average molecular weight is 537 g/mol. The maximum atomic E-state index is 12.3. The van der Waals surface area contributed by atoms with Gasteiger partial charge in [0.1, 0.15) is 23.9 Å². The van der Waals surface area contributed by atoms with E-state index >= 15 is 0 Å². The number of unbranched alkanes of at least 4 members (excludes halogenated alkanes) is 1. The van der Waals surface area contributed by atoms with Crippen LogP contribution in [0.3, 0.4) is 0 Å². The second kappa shape index (κ2) is 10.9. The van der Waals surface area contributed by atoms with E-state index in [2.05, 4.69) is 40.6 Å². The van der Waals surface area contributed by atoms with Crippen molar-refractivity contribution in [1.29, 1.82) is 0 Å². The van der Waals surface area contributed by atoms with E-state index in [1.165, 1.54) is 12.1 Å². The summed E-state index contributed by atoms with van der Waals surface area (Å²) in [6.45, 7) is 3.42. The standard InChI is InChI=1S/C23H24ClF3N8O2/c24-18-7-15(3-4-21(18)37-23(25,26)27)10-28-5-1-2-6-36-17-11-34(12-17)20-9-16(35-13-29-30-14-35)8-19-22(20)32-33-31-19/h3-4,7-9,13-14,17,28H,1-2,5-6,10-12H2,(H,31,32,33). The molecule has 4 aromatic rings. The number of aromatic nitrogens is 6. The molecule has 0 spiro atoms. The highest BCUT2D eigenvalue weighted by molar-refractivity contribution is 6.32. The summed E-state index contributed by atoms with van der Waals surface area (Å²) >= 11 is 5.88. The van der Waals surface area contributed by atoms with Gasteiger partial charge in [0.15, 0.2) is 0 Å². The Labute approximate surface area is 214 Å². The number of rotatable bonds is 11. The molecule has 37 heavy (non-hydrogen) atoms. The molecule has 0 amide bonds. The molecule has 2 aromatic carbocycles. The SMILES string of the molecule is FC(F)(F)Oc1ccc(CNCCCCOC2CN(c3cc(-n4cnnc4)cc4[nH]nnc34)C2)cc1Cl. The van der Waals surface area contributed by atoms with Crippen molar-refractivity contribution in [2.75, 3.05) is 31.1 Å². The molecule has 196 valence electrons. The molecule has 14 heteroatoms. The summed E-state index contributed by atoms with van der Waals surface area (Å²) in [5, 5.41) is 22.0. The number of hydrogen-bond donors (Lipinski definition) is 2. The van der Waals surface area contributed by atoms with Gasteiger partial charge >= 0.3 is 6.36 Å². The molecule has 1 aliphatic heterocycles. The van der Waals surface area contributed by atoms with E-state index in [0.29, 0.717) is 13.2 Å².